The quantitative estimate of drug-likeness (QED) is 0.223. The van der Waals surface area contributed by atoms with Gasteiger partial charge in [0.25, 0.3) is 0 Å². The van der Waals surface area contributed by atoms with Crippen LogP contribution in [0.15, 0.2) is 53.9 Å². The summed E-state index contributed by atoms with van der Waals surface area (Å²) in [5.41, 5.74) is 3.51. The van der Waals surface area contributed by atoms with Crippen LogP contribution in [0.3, 0.4) is 0 Å². The maximum atomic E-state index is 15.0. The molecule has 0 saturated heterocycles. The molecule has 0 unspecified atom stereocenters. The molecule has 0 atom stereocenters. The second-order valence-electron chi connectivity index (χ2n) is 8.20. The highest BCUT2D eigenvalue weighted by Gasteiger charge is 2.29. The Morgan fingerprint density at radius 2 is 2.06 bits per heavy atom. The number of amidine groups is 1. The summed E-state index contributed by atoms with van der Waals surface area (Å²) in [5, 5.41) is 15.6. The first kappa shape index (κ1) is 22.7. The van der Waals surface area contributed by atoms with Crippen molar-refractivity contribution in [3.8, 4) is 28.1 Å². The molecule has 1 aliphatic carbocycles. The predicted molar refractivity (Wildman–Crippen MR) is 130 cm³/mol. The van der Waals surface area contributed by atoms with Crippen molar-refractivity contribution in [2.24, 2.45) is 10.9 Å². The smallest absolute Gasteiger partial charge is 0.192 e. The third-order valence-electron chi connectivity index (χ3n) is 5.81. The number of aromatic amines is 1. The molecule has 3 heterocycles. The number of methoxy groups -OCH3 is 2. The van der Waals surface area contributed by atoms with Gasteiger partial charge in [-0.1, -0.05) is 0 Å². The third kappa shape index (κ3) is 4.65. The van der Waals surface area contributed by atoms with E-state index in [1.165, 1.54) is 6.07 Å². The van der Waals surface area contributed by atoms with Gasteiger partial charge in [-0.15, -0.1) is 0 Å². The molecule has 2 N–H and O–H groups in total. The maximum Gasteiger partial charge on any atom is 0.192 e. The van der Waals surface area contributed by atoms with Crippen molar-refractivity contribution < 1.29 is 18.6 Å². The highest BCUT2D eigenvalue weighted by molar-refractivity contribution is 6.03. The Kier molecular flexibility index (Phi) is 6.28. The molecule has 0 bridgehead atoms. The summed E-state index contributed by atoms with van der Waals surface area (Å²) in [6.07, 6.45) is 7.23. The number of benzene rings is 1. The molecule has 0 amide bonds. The molecule has 1 aliphatic rings. The summed E-state index contributed by atoms with van der Waals surface area (Å²) < 4.78 is 32.6. The summed E-state index contributed by atoms with van der Waals surface area (Å²) in [6.45, 7) is 0.753. The van der Waals surface area contributed by atoms with E-state index in [0.29, 0.717) is 53.0 Å². The third-order valence-corrected chi connectivity index (χ3v) is 5.81. The minimum Gasteiger partial charge on any atom is -0.491 e. The van der Waals surface area contributed by atoms with Crippen LogP contribution in [0.4, 0.5) is 4.39 Å². The highest BCUT2D eigenvalue weighted by atomic mass is 19.1. The predicted octanol–water partition coefficient (Wildman–Crippen LogP) is 4.34. The van der Waals surface area contributed by atoms with E-state index < -0.39 is 5.82 Å². The van der Waals surface area contributed by atoms with Crippen molar-refractivity contribution >= 4 is 17.4 Å². The number of aromatic nitrogens is 4. The minimum atomic E-state index is -0.444. The standard InChI is InChI=1S/C25H25FN6O3/c1-33-9-10-35-17-6-7-18(20(26)11-17)23-19(12-29-31-23)16-5-8-22-28-13-21(32(22)14-16)24(27)30-25(34-2)15-3-4-15/h5-8,11-15,27H,3-4,9-10H2,1-2H3,(H,29,31)/b27-24?,30-25-. The van der Waals surface area contributed by atoms with Crippen LogP contribution < -0.4 is 4.74 Å². The topological polar surface area (TPSA) is 110 Å². The molecule has 10 heteroatoms. The Labute approximate surface area is 201 Å². The molecule has 5 rings (SSSR count). The maximum absolute atomic E-state index is 15.0. The number of imidazole rings is 1. The van der Waals surface area contributed by atoms with Gasteiger partial charge in [-0.05, 0) is 37.1 Å². The molecule has 0 aliphatic heterocycles. The SMILES string of the molecule is COCCOc1ccc(-c2n[nH]cc2-c2ccc3ncc(C(=N)/N=C(\OC)C4CC4)n3c2)c(F)c1. The van der Waals surface area contributed by atoms with Crippen LogP contribution in [-0.2, 0) is 9.47 Å². The number of halogens is 1. The van der Waals surface area contributed by atoms with Gasteiger partial charge in [0, 0.05) is 48.2 Å². The second-order valence-corrected chi connectivity index (χ2v) is 8.20. The molecule has 4 aromatic rings. The lowest BCUT2D eigenvalue weighted by Crippen LogP contribution is -2.09. The Hall–Kier alpha value is -4.05. The zero-order valence-electron chi connectivity index (χ0n) is 19.4. The van der Waals surface area contributed by atoms with E-state index in [-0.39, 0.29) is 11.8 Å². The van der Waals surface area contributed by atoms with Crippen molar-refractivity contribution in [1.29, 1.82) is 5.41 Å². The average Bonchev–Trinajstić information content (AvgIpc) is 3.43. The van der Waals surface area contributed by atoms with Crippen LogP contribution in [-0.4, -0.2) is 58.7 Å². The number of ether oxygens (including phenoxy) is 3. The second kappa shape index (κ2) is 9.67. The minimum absolute atomic E-state index is 0.0703. The van der Waals surface area contributed by atoms with E-state index in [1.807, 2.05) is 18.3 Å². The Morgan fingerprint density at radius 1 is 1.20 bits per heavy atom. The Balaban J connectivity index is 1.47. The monoisotopic (exact) mass is 476 g/mol. The zero-order valence-corrected chi connectivity index (χ0v) is 19.4. The molecular formula is C25H25FN6O3. The molecule has 0 radical (unpaired) electrons. The molecule has 0 spiro atoms. The van der Waals surface area contributed by atoms with E-state index >= 15 is 0 Å². The normalized spacial score (nSPS) is 13.9. The molecule has 1 aromatic carbocycles. The summed E-state index contributed by atoms with van der Waals surface area (Å²) >= 11 is 0. The molecule has 1 fully saturated rings. The van der Waals surface area contributed by atoms with E-state index in [2.05, 4.69) is 20.2 Å². The Bertz CT molecular complexity index is 1410. The number of fused-ring (bicyclic) bond motifs is 1. The summed E-state index contributed by atoms with van der Waals surface area (Å²) in [5.74, 6) is 0.908. The van der Waals surface area contributed by atoms with Gasteiger partial charge in [-0.2, -0.15) is 10.1 Å². The van der Waals surface area contributed by atoms with Gasteiger partial charge >= 0.3 is 0 Å². The lowest BCUT2D eigenvalue weighted by Gasteiger charge is -2.09. The number of hydrogen-bond donors (Lipinski definition) is 2. The van der Waals surface area contributed by atoms with Crippen LogP contribution in [0.25, 0.3) is 28.0 Å². The number of pyridine rings is 1. The zero-order chi connectivity index (χ0) is 24.4. The fourth-order valence-electron chi connectivity index (χ4n) is 3.85. The number of aliphatic imine (C=N–C) groups is 1. The summed E-state index contributed by atoms with van der Waals surface area (Å²) in [7, 11) is 3.16. The van der Waals surface area contributed by atoms with Crippen LogP contribution in [0.1, 0.15) is 18.5 Å². The number of H-pyrrole nitrogens is 1. The molecule has 3 aromatic heterocycles. The average molecular weight is 477 g/mol. The number of rotatable bonds is 8. The molecule has 1 saturated carbocycles. The first-order chi connectivity index (χ1) is 17.1. The molecule has 180 valence electrons. The van der Waals surface area contributed by atoms with E-state index in [0.717, 1.165) is 18.4 Å². The van der Waals surface area contributed by atoms with Crippen molar-refractivity contribution in [1.82, 2.24) is 19.6 Å². The van der Waals surface area contributed by atoms with Gasteiger partial charge in [-0.25, -0.2) is 9.37 Å². The van der Waals surface area contributed by atoms with E-state index in [9.17, 15) is 4.39 Å². The summed E-state index contributed by atoms with van der Waals surface area (Å²) in [4.78, 5) is 8.78. The first-order valence-electron chi connectivity index (χ1n) is 11.2. The van der Waals surface area contributed by atoms with E-state index in [4.69, 9.17) is 19.6 Å². The summed E-state index contributed by atoms with van der Waals surface area (Å²) in [6, 6.07) is 8.42. The fraction of sp³-hybridized carbons (Fsp3) is 0.280. The Morgan fingerprint density at radius 3 is 2.80 bits per heavy atom. The van der Waals surface area contributed by atoms with Gasteiger partial charge < -0.3 is 14.2 Å². The van der Waals surface area contributed by atoms with Crippen molar-refractivity contribution in [2.45, 2.75) is 12.8 Å². The molecular weight excluding hydrogens is 451 g/mol. The van der Waals surface area contributed by atoms with Gasteiger partial charge in [0.15, 0.2) is 11.7 Å². The lowest BCUT2D eigenvalue weighted by molar-refractivity contribution is 0.146. The molecule has 9 nitrogen and oxygen atoms in total. The van der Waals surface area contributed by atoms with Gasteiger partial charge in [0.2, 0.25) is 0 Å². The largest absolute Gasteiger partial charge is 0.491 e. The fourth-order valence-corrected chi connectivity index (χ4v) is 3.85. The van der Waals surface area contributed by atoms with Gasteiger partial charge in [0.05, 0.1) is 19.9 Å². The van der Waals surface area contributed by atoms with E-state index in [1.54, 1.807) is 43.1 Å². The van der Waals surface area contributed by atoms with Crippen LogP contribution in [0.5, 0.6) is 5.75 Å². The lowest BCUT2D eigenvalue weighted by atomic mass is 10.0. The van der Waals surface area contributed by atoms with Crippen molar-refractivity contribution in [2.75, 3.05) is 27.4 Å². The molecule has 35 heavy (non-hydrogen) atoms. The first-order valence-corrected chi connectivity index (χ1v) is 11.2. The van der Waals surface area contributed by atoms with Crippen molar-refractivity contribution in [3.05, 3.63) is 60.4 Å². The van der Waals surface area contributed by atoms with Crippen molar-refractivity contribution in [3.63, 3.8) is 0 Å². The number of hydrogen-bond acceptors (Lipinski definition) is 6. The van der Waals surface area contributed by atoms with Crippen LogP contribution in [0, 0.1) is 17.1 Å². The van der Waals surface area contributed by atoms with Crippen LogP contribution in [0.2, 0.25) is 0 Å². The van der Waals surface area contributed by atoms with Gasteiger partial charge in [0.1, 0.15) is 35.2 Å². The van der Waals surface area contributed by atoms with Crippen LogP contribution >= 0.6 is 0 Å². The highest BCUT2D eigenvalue weighted by Crippen LogP contribution is 2.34. The number of nitrogens with one attached hydrogen (secondary N) is 2. The number of nitrogens with zero attached hydrogens (tertiary/aromatic N) is 4. The van der Waals surface area contributed by atoms with Gasteiger partial charge in [-0.3, -0.25) is 14.9 Å².